The molecule has 0 aliphatic heterocycles. The van der Waals surface area contributed by atoms with Gasteiger partial charge in [0, 0.05) is 11.6 Å². The molecule has 1 heteroatoms. The van der Waals surface area contributed by atoms with Gasteiger partial charge in [-0.1, -0.05) is 49.1 Å². The standard InChI is InChI=1S/C15H15N/c1-13-8-6-7-11-15(13,2)12-16-14-9-4-3-5-10-14/h3-12H,1H2,2H3. The van der Waals surface area contributed by atoms with Gasteiger partial charge in [-0.05, 0) is 24.6 Å². The molecule has 2 rings (SSSR count). The number of benzene rings is 1. The van der Waals surface area contributed by atoms with Gasteiger partial charge >= 0.3 is 0 Å². The Hall–Kier alpha value is -1.89. The summed E-state index contributed by atoms with van der Waals surface area (Å²) in [6, 6.07) is 9.94. The quantitative estimate of drug-likeness (QED) is 0.651. The molecule has 1 aromatic carbocycles. The third-order valence-electron chi connectivity index (χ3n) is 2.78. The third-order valence-corrected chi connectivity index (χ3v) is 2.78. The molecule has 0 radical (unpaired) electrons. The van der Waals surface area contributed by atoms with Gasteiger partial charge in [0.1, 0.15) is 0 Å². The summed E-state index contributed by atoms with van der Waals surface area (Å²) in [5.41, 5.74) is 1.87. The van der Waals surface area contributed by atoms with Gasteiger partial charge in [-0.3, -0.25) is 4.99 Å². The van der Waals surface area contributed by atoms with E-state index in [-0.39, 0.29) is 5.41 Å². The Balaban J connectivity index is 2.21. The molecule has 0 saturated heterocycles. The minimum absolute atomic E-state index is 0.162. The molecule has 1 aliphatic carbocycles. The van der Waals surface area contributed by atoms with E-state index in [1.165, 1.54) is 0 Å². The zero-order valence-electron chi connectivity index (χ0n) is 9.43. The molecule has 1 aliphatic rings. The van der Waals surface area contributed by atoms with E-state index in [0.29, 0.717) is 0 Å². The first-order valence-electron chi connectivity index (χ1n) is 5.36. The molecule has 0 aromatic heterocycles. The van der Waals surface area contributed by atoms with Gasteiger partial charge < -0.3 is 0 Å². The average Bonchev–Trinajstić information content (AvgIpc) is 2.32. The molecule has 0 saturated carbocycles. The molecule has 80 valence electrons. The average molecular weight is 209 g/mol. The van der Waals surface area contributed by atoms with Crippen LogP contribution in [-0.4, -0.2) is 6.21 Å². The van der Waals surface area contributed by atoms with Crippen molar-refractivity contribution in [2.24, 2.45) is 10.4 Å². The fraction of sp³-hybridized carbons (Fsp3) is 0.133. The minimum atomic E-state index is -0.162. The van der Waals surface area contributed by atoms with Crippen molar-refractivity contribution in [2.75, 3.05) is 0 Å². The SMILES string of the molecule is C=C1C=CC=CC1(C)C=Nc1ccccc1. The largest absolute Gasteiger partial charge is 0.260 e. The summed E-state index contributed by atoms with van der Waals surface area (Å²) >= 11 is 0. The molecule has 0 spiro atoms. The van der Waals surface area contributed by atoms with Crippen molar-refractivity contribution < 1.29 is 0 Å². The molecular weight excluding hydrogens is 194 g/mol. The highest BCUT2D eigenvalue weighted by Crippen LogP contribution is 2.30. The first-order valence-corrected chi connectivity index (χ1v) is 5.36. The number of para-hydroxylation sites is 1. The van der Waals surface area contributed by atoms with Crippen LogP contribution in [-0.2, 0) is 0 Å². The van der Waals surface area contributed by atoms with Crippen LogP contribution in [0.1, 0.15) is 6.92 Å². The van der Waals surface area contributed by atoms with E-state index >= 15 is 0 Å². The lowest BCUT2D eigenvalue weighted by Crippen LogP contribution is -2.17. The van der Waals surface area contributed by atoms with Gasteiger partial charge in [-0.2, -0.15) is 0 Å². The predicted octanol–water partition coefficient (Wildman–Crippen LogP) is 4.08. The predicted molar refractivity (Wildman–Crippen MR) is 70.1 cm³/mol. The van der Waals surface area contributed by atoms with E-state index in [2.05, 4.69) is 24.6 Å². The molecule has 0 bridgehead atoms. The Bertz CT molecular complexity index is 465. The molecule has 0 heterocycles. The number of hydrogen-bond acceptors (Lipinski definition) is 1. The topological polar surface area (TPSA) is 12.4 Å². The van der Waals surface area contributed by atoms with Crippen molar-refractivity contribution in [1.82, 2.24) is 0 Å². The first kappa shape index (κ1) is 10.6. The second-order valence-corrected chi connectivity index (χ2v) is 4.12. The minimum Gasteiger partial charge on any atom is -0.260 e. The van der Waals surface area contributed by atoms with Crippen molar-refractivity contribution >= 4 is 11.9 Å². The number of aliphatic imine (C=N–C) groups is 1. The van der Waals surface area contributed by atoms with E-state index < -0.39 is 0 Å². The molecule has 1 unspecified atom stereocenters. The summed E-state index contributed by atoms with van der Waals surface area (Å²) in [4.78, 5) is 4.48. The Kier molecular flexibility index (Phi) is 2.86. The van der Waals surface area contributed by atoms with Crippen LogP contribution in [0, 0.1) is 5.41 Å². The molecule has 16 heavy (non-hydrogen) atoms. The highest BCUT2D eigenvalue weighted by Gasteiger charge is 2.21. The second kappa shape index (κ2) is 4.31. The highest BCUT2D eigenvalue weighted by molar-refractivity contribution is 5.77. The van der Waals surface area contributed by atoms with Crippen LogP contribution in [0.15, 0.2) is 71.8 Å². The van der Waals surface area contributed by atoms with E-state index in [1.54, 1.807) is 0 Å². The smallest absolute Gasteiger partial charge is 0.0626 e. The van der Waals surface area contributed by atoms with Crippen LogP contribution in [0.4, 0.5) is 5.69 Å². The van der Waals surface area contributed by atoms with Crippen molar-refractivity contribution in [2.45, 2.75) is 6.92 Å². The number of hydrogen-bond donors (Lipinski definition) is 0. The second-order valence-electron chi connectivity index (χ2n) is 4.12. The van der Waals surface area contributed by atoms with Crippen molar-refractivity contribution in [3.05, 3.63) is 66.8 Å². The van der Waals surface area contributed by atoms with Gasteiger partial charge in [0.05, 0.1) is 5.69 Å². The fourth-order valence-corrected chi connectivity index (χ4v) is 1.56. The maximum Gasteiger partial charge on any atom is 0.0626 e. The zero-order valence-corrected chi connectivity index (χ0v) is 9.43. The summed E-state index contributed by atoms with van der Waals surface area (Å²) in [5, 5.41) is 0. The van der Waals surface area contributed by atoms with E-state index in [9.17, 15) is 0 Å². The molecular formula is C15H15N. The summed E-state index contributed by atoms with van der Waals surface area (Å²) in [6.45, 7) is 6.16. The Morgan fingerprint density at radius 1 is 1.19 bits per heavy atom. The molecule has 1 nitrogen and oxygen atoms in total. The summed E-state index contributed by atoms with van der Waals surface area (Å²) in [6.07, 6.45) is 10.1. The summed E-state index contributed by atoms with van der Waals surface area (Å²) < 4.78 is 0. The van der Waals surface area contributed by atoms with Crippen LogP contribution >= 0.6 is 0 Å². The lowest BCUT2D eigenvalue weighted by atomic mass is 9.81. The molecule has 0 fully saturated rings. The van der Waals surface area contributed by atoms with Gasteiger partial charge in [-0.25, -0.2) is 0 Å². The van der Waals surface area contributed by atoms with E-state index in [1.807, 2.05) is 54.8 Å². The maximum absolute atomic E-state index is 4.48. The van der Waals surface area contributed by atoms with Crippen molar-refractivity contribution in [3.8, 4) is 0 Å². The maximum atomic E-state index is 4.48. The normalized spacial score (nSPS) is 24.2. The lowest BCUT2D eigenvalue weighted by Gasteiger charge is -2.23. The summed E-state index contributed by atoms with van der Waals surface area (Å²) in [7, 11) is 0. The van der Waals surface area contributed by atoms with Crippen molar-refractivity contribution in [1.29, 1.82) is 0 Å². The molecule has 1 aromatic rings. The van der Waals surface area contributed by atoms with Crippen molar-refractivity contribution in [3.63, 3.8) is 0 Å². The van der Waals surface area contributed by atoms with Crippen LogP contribution in [0.25, 0.3) is 0 Å². The van der Waals surface area contributed by atoms with Gasteiger partial charge in [0.2, 0.25) is 0 Å². The van der Waals surface area contributed by atoms with Crippen LogP contribution in [0.2, 0.25) is 0 Å². The van der Waals surface area contributed by atoms with E-state index in [0.717, 1.165) is 11.3 Å². The number of rotatable bonds is 2. The number of nitrogens with zero attached hydrogens (tertiary/aromatic N) is 1. The van der Waals surface area contributed by atoms with Gasteiger partial charge in [-0.15, -0.1) is 0 Å². The molecule has 1 atom stereocenters. The van der Waals surface area contributed by atoms with Crippen LogP contribution < -0.4 is 0 Å². The zero-order chi connectivity index (χ0) is 11.4. The highest BCUT2D eigenvalue weighted by atomic mass is 14.7. The fourth-order valence-electron chi connectivity index (χ4n) is 1.56. The first-order chi connectivity index (χ1) is 7.71. The monoisotopic (exact) mass is 209 g/mol. The Labute approximate surface area is 96.5 Å². The Morgan fingerprint density at radius 3 is 2.62 bits per heavy atom. The number of allylic oxidation sites excluding steroid dienone is 5. The third kappa shape index (κ3) is 2.19. The van der Waals surface area contributed by atoms with Gasteiger partial charge in [0.25, 0.3) is 0 Å². The Morgan fingerprint density at radius 2 is 1.94 bits per heavy atom. The lowest BCUT2D eigenvalue weighted by molar-refractivity contribution is 0.749. The molecule has 0 N–H and O–H groups in total. The van der Waals surface area contributed by atoms with Gasteiger partial charge in [0.15, 0.2) is 0 Å². The van der Waals surface area contributed by atoms with E-state index in [4.69, 9.17) is 0 Å². The van der Waals surface area contributed by atoms with Crippen LogP contribution in [0.5, 0.6) is 0 Å². The van der Waals surface area contributed by atoms with Crippen LogP contribution in [0.3, 0.4) is 0 Å². The summed E-state index contributed by atoms with van der Waals surface area (Å²) in [5.74, 6) is 0. The molecule has 0 amide bonds.